The number of hydrogen-bond acceptors (Lipinski definition) is 7. The van der Waals surface area contributed by atoms with Crippen LogP contribution in [0.4, 0.5) is 0 Å². The van der Waals surface area contributed by atoms with E-state index in [-0.39, 0.29) is 1.43 Å². The highest BCUT2D eigenvalue weighted by molar-refractivity contribution is 6.03. The lowest BCUT2D eigenvalue weighted by Crippen LogP contribution is -2.38. The molecular formula is C23H26N6O2. The number of benzene rings is 2. The van der Waals surface area contributed by atoms with Gasteiger partial charge in [-0.3, -0.25) is 10.2 Å². The van der Waals surface area contributed by atoms with Gasteiger partial charge in [0.1, 0.15) is 5.52 Å². The zero-order valence-corrected chi connectivity index (χ0v) is 17.1. The monoisotopic (exact) mass is 418 g/mol. The lowest BCUT2D eigenvalue weighted by molar-refractivity contribution is -0.133. The molecule has 0 bridgehead atoms. The summed E-state index contributed by atoms with van der Waals surface area (Å²) in [6.45, 7) is 1.71. The molecule has 160 valence electrons. The Morgan fingerprint density at radius 1 is 1.06 bits per heavy atom. The summed E-state index contributed by atoms with van der Waals surface area (Å²) in [4.78, 5) is 14.4. The fraction of sp³-hybridized carbons (Fsp3) is 0.348. The van der Waals surface area contributed by atoms with E-state index in [1.165, 1.54) is 5.56 Å². The van der Waals surface area contributed by atoms with Crippen LogP contribution in [0.25, 0.3) is 22.2 Å². The van der Waals surface area contributed by atoms with E-state index in [9.17, 15) is 4.79 Å². The van der Waals surface area contributed by atoms with Crippen LogP contribution in [0.3, 0.4) is 0 Å². The molecule has 2 fully saturated rings. The van der Waals surface area contributed by atoms with Crippen LogP contribution in [0.1, 0.15) is 44.2 Å². The number of hydrazone groups is 1. The number of nitrogens with one attached hydrogen (secondary N) is 3. The standard InChI is InChI=1S/C23H24N6O2.H2/c30-23(15-4-5-15)29-10-8-14(9-11-29)16-2-1-3-17(12-16)21-19-13-18(22-24-27-28-25-22)6-7-20(19)26-31-21;/h1-3,6-7,12-15,27-28H,4-5,8-11H2,(H,24,25);1H. The van der Waals surface area contributed by atoms with Gasteiger partial charge in [0.25, 0.3) is 0 Å². The van der Waals surface area contributed by atoms with E-state index in [0.29, 0.717) is 17.7 Å². The summed E-state index contributed by atoms with van der Waals surface area (Å²) in [5.41, 5.74) is 12.5. The van der Waals surface area contributed by atoms with Crippen molar-refractivity contribution in [1.29, 1.82) is 0 Å². The van der Waals surface area contributed by atoms with E-state index in [1.807, 2.05) is 18.2 Å². The molecule has 3 heterocycles. The molecule has 3 N–H and O–H groups in total. The number of amides is 1. The van der Waals surface area contributed by atoms with E-state index < -0.39 is 0 Å². The van der Waals surface area contributed by atoms with Crippen LogP contribution in [0.2, 0.25) is 0 Å². The predicted molar refractivity (Wildman–Crippen MR) is 119 cm³/mol. The van der Waals surface area contributed by atoms with Gasteiger partial charge in [-0.25, -0.2) is 5.53 Å². The van der Waals surface area contributed by atoms with Gasteiger partial charge in [-0.15, -0.1) is 10.6 Å². The molecule has 1 aromatic heterocycles. The minimum absolute atomic E-state index is 0. The zero-order chi connectivity index (χ0) is 20.8. The normalized spacial score (nSPS) is 19.2. The first-order chi connectivity index (χ1) is 15.3. The summed E-state index contributed by atoms with van der Waals surface area (Å²) in [6, 6.07) is 14.5. The Kier molecular flexibility index (Phi) is 4.38. The molecule has 2 aromatic carbocycles. The van der Waals surface area contributed by atoms with Crippen molar-refractivity contribution in [3.63, 3.8) is 0 Å². The third-order valence-electron chi connectivity index (χ3n) is 6.51. The Morgan fingerprint density at radius 2 is 1.94 bits per heavy atom. The maximum absolute atomic E-state index is 12.3. The summed E-state index contributed by atoms with van der Waals surface area (Å²) < 4.78 is 5.75. The molecule has 31 heavy (non-hydrogen) atoms. The summed E-state index contributed by atoms with van der Waals surface area (Å²) in [5.74, 6) is 2.61. The molecule has 1 saturated heterocycles. The molecule has 0 atom stereocenters. The van der Waals surface area contributed by atoms with Gasteiger partial charge in [0.15, 0.2) is 11.6 Å². The van der Waals surface area contributed by atoms with Crippen molar-refractivity contribution in [3.05, 3.63) is 53.6 Å². The Bertz CT molecular complexity index is 1180. The third kappa shape index (κ3) is 3.42. The Balaban J connectivity index is 0.00000216. The van der Waals surface area contributed by atoms with Crippen LogP contribution in [-0.2, 0) is 4.79 Å². The maximum atomic E-state index is 12.3. The number of fused-ring (bicyclic) bond motifs is 1. The van der Waals surface area contributed by atoms with E-state index in [2.05, 4.69) is 55.9 Å². The van der Waals surface area contributed by atoms with Crippen LogP contribution < -0.4 is 16.5 Å². The van der Waals surface area contributed by atoms with E-state index in [0.717, 1.165) is 72.4 Å². The second-order valence-electron chi connectivity index (χ2n) is 8.57. The average molecular weight is 419 g/mol. The molecule has 0 radical (unpaired) electrons. The number of likely N-dealkylation sites (tertiary alicyclic amines) is 1. The Hall–Kier alpha value is -3.39. The van der Waals surface area contributed by atoms with Gasteiger partial charge < -0.3 is 9.42 Å². The second-order valence-corrected chi connectivity index (χ2v) is 8.57. The van der Waals surface area contributed by atoms with Crippen molar-refractivity contribution in [1.82, 2.24) is 26.6 Å². The quantitative estimate of drug-likeness (QED) is 0.603. The van der Waals surface area contributed by atoms with Crippen LogP contribution >= 0.6 is 0 Å². The number of nitrogens with zero attached hydrogens (tertiary/aromatic N) is 3. The number of carbonyl (C=O) groups is 1. The first-order valence-electron chi connectivity index (χ1n) is 10.9. The molecule has 1 saturated carbocycles. The minimum atomic E-state index is 0. The topological polar surface area (TPSA) is 94.8 Å². The smallest absolute Gasteiger partial charge is 0.225 e. The van der Waals surface area contributed by atoms with Crippen molar-refractivity contribution < 1.29 is 10.7 Å². The van der Waals surface area contributed by atoms with Gasteiger partial charge in [0, 0.05) is 31.6 Å². The molecule has 3 aromatic rings. The van der Waals surface area contributed by atoms with Crippen molar-refractivity contribution in [2.45, 2.75) is 31.6 Å². The lowest BCUT2D eigenvalue weighted by atomic mass is 9.88. The maximum Gasteiger partial charge on any atom is 0.225 e. The third-order valence-corrected chi connectivity index (χ3v) is 6.51. The number of hydrazine groups is 2. The van der Waals surface area contributed by atoms with Crippen molar-refractivity contribution in [2.75, 3.05) is 13.1 Å². The Morgan fingerprint density at radius 3 is 2.71 bits per heavy atom. The van der Waals surface area contributed by atoms with Crippen LogP contribution in [0.15, 0.2) is 52.1 Å². The first-order valence-corrected chi connectivity index (χ1v) is 10.9. The fourth-order valence-electron chi connectivity index (χ4n) is 4.59. The molecule has 0 unspecified atom stereocenters. The minimum Gasteiger partial charge on any atom is -0.355 e. The predicted octanol–water partition coefficient (Wildman–Crippen LogP) is 3.13. The molecule has 1 aliphatic carbocycles. The van der Waals surface area contributed by atoms with Gasteiger partial charge >= 0.3 is 0 Å². The first kappa shape index (κ1) is 18.4. The summed E-state index contributed by atoms with van der Waals surface area (Å²) in [7, 11) is 0. The second kappa shape index (κ2) is 7.39. The number of amidine groups is 1. The van der Waals surface area contributed by atoms with Gasteiger partial charge in [-0.05, 0) is 61.4 Å². The molecule has 0 spiro atoms. The molecule has 8 nitrogen and oxygen atoms in total. The van der Waals surface area contributed by atoms with Crippen LogP contribution in [-0.4, -0.2) is 34.9 Å². The van der Waals surface area contributed by atoms with Gasteiger partial charge in [-0.1, -0.05) is 23.4 Å². The van der Waals surface area contributed by atoms with Gasteiger partial charge in [-0.2, -0.15) is 0 Å². The SMILES string of the molecule is O=C(C1CC1)N1CCC(c2cccc(-c3onc4ccc(C5=NNNN5)cc34)c2)CC1.[HH]. The molecule has 6 rings (SSSR count). The largest absolute Gasteiger partial charge is 0.355 e. The van der Waals surface area contributed by atoms with Gasteiger partial charge in [0.05, 0.1) is 5.39 Å². The number of piperidine rings is 1. The summed E-state index contributed by atoms with van der Waals surface area (Å²) in [5, 5.41) is 9.37. The van der Waals surface area contributed by atoms with E-state index in [1.54, 1.807) is 0 Å². The fourth-order valence-corrected chi connectivity index (χ4v) is 4.59. The highest BCUT2D eigenvalue weighted by atomic mass is 16.5. The number of rotatable bonds is 4. The molecule has 1 amide bonds. The number of aromatic nitrogens is 1. The van der Waals surface area contributed by atoms with Crippen molar-refractivity contribution >= 4 is 22.6 Å². The summed E-state index contributed by atoms with van der Waals surface area (Å²) >= 11 is 0. The van der Waals surface area contributed by atoms with Crippen molar-refractivity contribution in [3.8, 4) is 11.3 Å². The van der Waals surface area contributed by atoms with Crippen LogP contribution in [0.5, 0.6) is 0 Å². The summed E-state index contributed by atoms with van der Waals surface area (Å²) in [6.07, 6.45) is 4.16. The Labute approximate surface area is 181 Å². The molecule has 3 aliphatic rings. The van der Waals surface area contributed by atoms with Crippen molar-refractivity contribution in [2.24, 2.45) is 11.0 Å². The molecule has 2 aliphatic heterocycles. The molecule has 8 heteroatoms. The van der Waals surface area contributed by atoms with Gasteiger partial charge in [0.2, 0.25) is 5.91 Å². The lowest BCUT2D eigenvalue weighted by Gasteiger charge is -2.32. The number of hydrogen-bond donors (Lipinski definition) is 3. The highest BCUT2D eigenvalue weighted by Crippen LogP contribution is 2.36. The van der Waals surface area contributed by atoms with E-state index >= 15 is 0 Å². The average Bonchev–Trinajstić information content (AvgIpc) is 3.35. The highest BCUT2D eigenvalue weighted by Gasteiger charge is 2.35. The number of carbonyl (C=O) groups excluding carboxylic acids is 1. The van der Waals surface area contributed by atoms with E-state index in [4.69, 9.17) is 4.52 Å². The van der Waals surface area contributed by atoms with Crippen LogP contribution in [0, 0.1) is 5.92 Å². The molecular weight excluding hydrogens is 392 g/mol. The zero-order valence-electron chi connectivity index (χ0n) is 17.1.